The van der Waals surface area contributed by atoms with Gasteiger partial charge in [0.05, 0.1) is 0 Å². The standard InChI is InChI=1S/C10H10N2O/c1-3-10(13)12-7-9-5-4-8(2)11-6-9/h1,4-6H,7H2,2H3,(H,12,13). The van der Waals surface area contributed by atoms with Gasteiger partial charge in [-0.05, 0) is 24.5 Å². The minimum absolute atomic E-state index is 0.402. The number of carbonyl (C=O) groups excluding carboxylic acids is 1. The van der Waals surface area contributed by atoms with Crippen molar-refractivity contribution in [3.63, 3.8) is 0 Å². The maximum atomic E-state index is 10.7. The van der Waals surface area contributed by atoms with Crippen molar-refractivity contribution in [2.24, 2.45) is 0 Å². The molecule has 0 bridgehead atoms. The predicted octanol–water partition coefficient (Wildman–Crippen LogP) is 0.639. The zero-order valence-electron chi connectivity index (χ0n) is 7.37. The Labute approximate surface area is 77.2 Å². The molecule has 0 aliphatic heterocycles. The lowest BCUT2D eigenvalue weighted by atomic mass is 10.2. The van der Waals surface area contributed by atoms with Gasteiger partial charge in [0.15, 0.2) is 0 Å². The minimum atomic E-state index is -0.402. The Balaban J connectivity index is 2.52. The summed E-state index contributed by atoms with van der Waals surface area (Å²) in [6, 6.07) is 3.79. The average molecular weight is 174 g/mol. The van der Waals surface area contributed by atoms with Gasteiger partial charge in [0.1, 0.15) is 0 Å². The number of hydrogen-bond acceptors (Lipinski definition) is 2. The zero-order chi connectivity index (χ0) is 9.68. The van der Waals surface area contributed by atoms with Crippen LogP contribution in [0, 0.1) is 19.3 Å². The summed E-state index contributed by atoms with van der Waals surface area (Å²) in [5.41, 5.74) is 1.89. The molecule has 0 saturated carbocycles. The fourth-order valence-corrected chi connectivity index (χ4v) is 0.836. The maximum Gasteiger partial charge on any atom is 0.295 e. The van der Waals surface area contributed by atoms with Crippen LogP contribution < -0.4 is 5.32 Å². The molecular formula is C10H10N2O. The highest BCUT2D eigenvalue weighted by atomic mass is 16.1. The van der Waals surface area contributed by atoms with E-state index in [4.69, 9.17) is 6.42 Å². The summed E-state index contributed by atoms with van der Waals surface area (Å²) in [5.74, 6) is 1.57. The van der Waals surface area contributed by atoms with Gasteiger partial charge in [0.25, 0.3) is 5.91 Å². The van der Waals surface area contributed by atoms with Crippen molar-refractivity contribution in [1.82, 2.24) is 10.3 Å². The highest BCUT2D eigenvalue weighted by molar-refractivity contribution is 5.92. The summed E-state index contributed by atoms with van der Waals surface area (Å²) in [7, 11) is 0. The number of amides is 1. The normalized spacial score (nSPS) is 8.92. The third-order valence-corrected chi connectivity index (χ3v) is 1.56. The van der Waals surface area contributed by atoms with E-state index in [-0.39, 0.29) is 0 Å². The van der Waals surface area contributed by atoms with E-state index in [2.05, 4.69) is 10.3 Å². The van der Waals surface area contributed by atoms with Gasteiger partial charge in [-0.1, -0.05) is 6.07 Å². The monoisotopic (exact) mass is 174 g/mol. The highest BCUT2D eigenvalue weighted by Crippen LogP contribution is 1.97. The SMILES string of the molecule is C#CC(=O)NCc1ccc(C)nc1. The summed E-state index contributed by atoms with van der Waals surface area (Å²) in [5, 5.41) is 2.55. The van der Waals surface area contributed by atoms with Crippen molar-refractivity contribution in [3.8, 4) is 12.3 Å². The van der Waals surface area contributed by atoms with Gasteiger partial charge >= 0.3 is 0 Å². The number of aromatic nitrogens is 1. The van der Waals surface area contributed by atoms with E-state index in [0.717, 1.165) is 11.3 Å². The van der Waals surface area contributed by atoms with E-state index in [1.165, 1.54) is 0 Å². The quantitative estimate of drug-likeness (QED) is 0.668. The van der Waals surface area contributed by atoms with Gasteiger partial charge < -0.3 is 5.32 Å². The number of rotatable bonds is 2. The lowest BCUT2D eigenvalue weighted by molar-refractivity contribution is -0.115. The smallest absolute Gasteiger partial charge is 0.295 e. The Morgan fingerprint density at radius 2 is 2.46 bits per heavy atom. The van der Waals surface area contributed by atoms with Crippen molar-refractivity contribution >= 4 is 5.91 Å². The van der Waals surface area contributed by atoms with E-state index >= 15 is 0 Å². The molecule has 0 aliphatic rings. The van der Waals surface area contributed by atoms with Crippen LogP contribution in [0.15, 0.2) is 18.3 Å². The van der Waals surface area contributed by atoms with Crippen LogP contribution in [0.4, 0.5) is 0 Å². The van der Waals surface area contributed by atoms with Crippen molar-refractivity contribution < 1.29 is 4.79 Å². The molecule has 0 spiro atoms. The molecule has 0 radical (unpaired) electrons. The molecule has 1 aromatic rings. The third-order valence-electron chi connectivity index (χ3n) is 1.56. The molecule has 0 saturated heterocycles. The van der Waals surface area contributed by atoms with Crippen LogP contribution in [0.5, 0.6) is 0 Å². The van der Waals surface area contributed by atoms with E-state index in [0.29, 0.717) is 6.54 Å². The summed E-state index contributed by atoms with van der Waals surface area (Å²) in [6.45, 7) is 2.33. The van der Waals surface area contributed by atoms with Crippen LogP contribution in [0.3, 0.4) is 0 Å². The summed E-state index contributed by atoms with van der Waals surface area (Å²) < 4.78 is 0. The largest absolute Gasteiger partial charge is 0.341 e. The fourth-order valence-electron chi connectivity index (χ4n) is 0.836. The molecule has 1 N–H and O–H groups in total. The van der Waals surface area contributed by atoms with Crippen LogP contribution in [0.25, 0.3) is 0 Å². The molecule has 13 heavy (non-hydrogen) atoms. The van der Waals surface area contributed by atoms with Gasteiger partial charge in [-0.2, -0.15) is 0 Å². The van der Waals surface area contributed by atoms with E-state index in [1.807, 2.05) is 25.0 Å². The summed E-state index contributed by atoms with van der Waals surface area (Å²) in [4.78, 5) is 14.8. The topological polar surface area (TPSA) is 42.0 Å². The van der Waals surface area contributed by atoms with Crippen molar-refractivity contribution in [2.75, 3.05) is 0 Å². The Hall–Kier alpha value is -1.82. The minimum Gasteiger partial charge on any atom is -0.341 e. The summed E-state index contributed by atoms with van der Waals surface area (Å²) in [6.07, 6.45) is 6.60. The fraction of sp³-hybridized carbons (Fsp3) is 0.200. The number of nitrogens with zero attached hydrogens (tertiary/aromatic N) is 1. The Bertz CT molecular complexity index is 335. The predicted molar refractivity (Wildman–Crippen MR) is 49.7 cm³/mol. The van der Waals surface area contributed by atoms with Crippen LogP contribution in [0.2, 0.25) is 0 Å². The Morgan fingerprint density at radius 3 is 3.00 bits per heavy atom. The number of carbonyl (C=O) groups is 1. The van der Waals surface area contributed by atoms with Gasteiger partial charge in [-0.25, -0.2) is 0 Å². The number of nitrogens with one attached hydrogen (secondary N) is 1. The second-order valence-electron chi connectivity index (χ2n) is 2.63. The molecule has 0 fully saturated rings. The maximum absolute atomic E-state index is 10.7. The van der Waals surface area contributed by atoms with Crippen molar-refractivity contribution in [3.05, 3.63) is 29.6 Å². The first-order valence-electron chi connectivity index (χ1n) is 3.88. The Morgan fingerprint density at radius 1 is 1.69 bits per heavy atom. The number of pyridine rings is 1. The molecule has 3 nitrogen and oxygen atoms in total. The molecule has 0 atom stereocenters. The molecule has 0 unspecified atom stereocenters. The van der Waals surface area contributed by atoms with Crippen LogP contribution in [0.1, 0.15) is 11.3 Å². The third kappa shape index (κ3) is 2.96. The molecular weight excluding hydrogens is 164 g/mol. The average Bonchev–Trinajstić information content (AvgIpc) is 2.16. The molecule has 3 heteroatoms. The lowest BCUT2D eigenvalue weighted by Gasteiger charge is -2.00. The molecule has 1 aromatic heterocycles. The molecule has 0 aliphatic carbocycles. The first kappa shape index (κ1) is 9.27. The highest BCUT2D eigenvalue weighted by Gasteiger charge is 1.95. The molecule has 1 heterocycles. The van der Waals surface area contributed by atoms with E-state index in [9.17, 15) is 4.79 Å². The first-order valence-corrected chi connectivity index (χ1v) is 3.88. The summed E-state index contributed by atoms with van der Waals surface area (Å²) >= 11 is 0. The number of terminal acetylenes is 1. The number of aryl methyl sites for hydroxylation is 1. The van der Waals surface area contributed by atoms with Gasteiger partial charge in [-0.3, -0.25) is 9.78 Å². The molecule has 66 valence electrons. The van der Waals surface area contributed by atoms with Gasteiger partial charge in [-0.15, -0.1) is 6.42 Å². The second-order valence-corrected chi connectivity index (χ2v) is 2.63. The first-order chi connectivity index (χ1) is 6.22. The molecule has 1 amide bonds. The number of hydrogen-bond donors (Lipinski definition) is 1. The van der Waals surface area contributed by atoms with Crippen LogP contribution in [-0.4, -0.2) is 10.9 Å². The zero-order valence-corrected chi connectivity index (χ0v) is 7.37. The van der Waals surface area contributed by atoms with Crippen molar-refractivity contribution in [2.45, 2.75) is 13.5 Å². The molecule has 0 aromatic carbocycles. The second kappa shape index (κ2) is 4.27. The van der Waals surface area contributed by atoms with Crippen LogP contribution >= 0.6 is 0 Å². The van der Waals surface area contributed by atoms with E-state index in [1.54, 1.807) is 6.20 Å². The lowest BCUT2D eigenvalue weighted by Crippen LogP contribution is -2.20. The Kier molecular flexibility index (Phi) is 3.04. The van der Waals surface area contributed by atoms with Crippen LogP contribution in [-0.2, 0) is 11.3 Å². The van der Waals surface area contributed by atoms with Gasteiger partial charge in [0.2, 0.25) is 0 Å². The van der Waals surface area contributed by atoms with Gasteiger partial charge in [0, 0.05) is 18.4 Å². The molecule has 1 rings (SSSR count). The van der Waals surface area contributed by atoms with Crippen molar-refractivity contribution in [1.29, 1.82) is 0 Å². The van der Waals surface area contributed by atoms with E-state index < -0.39 is 5.91 Å².